The minimum atomic E-state index is -0.535. The summed E-state index contributed by atoms with van der Waals surface area (Å²) in [5.41, 5.74) is 22.2. The number of hydrogen-bond donors (Lipinski definition) is 0. The standard InChI is InChI=1S/C58H40N2/c1-57(2)46-22-9-6-18-41(46)42-35-34-40(36-51(42)57)59(39-32-30-38(31-33-39)37-16-4-3-5-17-37)54-29-15-25-49-55(54)45-20-7-10-23-47(45)58(49)48-24-11-13-28-53(48)60-52-27-12-8-19-43(52)44-21-14-26-50(58)56(44)60/h3-36H,1-2H3. The fraction of sp³-hybridized carbons (Fsp3) is 0.0690. The van der Waals surface area contributed by atoms with Crippen molar-refractivity contribution in [2.75, 3.05) is 4.90 Å². The SMILES string of the molecule is CC1(C)c2ccccc2-c2ccc(N(c3ccc(-c4ccccc4)cc3)c3cccc4c3-c3ccccc3C43c4ccccc4-n4c5ccccc5c5cccc3c54)cc21. The molecule has 0 saturated heterocycles. The van der Waals surface area contributed by atoms with E-state index in [4.69, 9.17) is 0 Å². The molecule has 13 rings (SSSR count). The monoisotopic (exact) mass is 764 g/mol. The van der Waals surface area contributed by atoms with Gasteiger partial charge >= 0.3 is 0 Å². The van der Waals surface area contributed by atoms with Crippen molar-refractivity contribution >= 4 is 38.9 Å². The molecule has 3 aliphatic rings. The lowest BCUT2D eigenvalue weighted by Gasteiger charge is -2.39. The highest BCUT2D eigenvalue weighted by molar-refractivity contribution is 6.13. The quantitative estimate of drug-likeness (QED) is 0.173. The van der Waals surface area contributed by atoms with Crippen molar-refractivity contribution in [2.45, 2.75) is 24.7 Å². The second kappa shape index (κ2) is 12.1. The third-order valence-electron chi connectivity index (χ3n) is 14.0. The number of benzene rings is 9. The number of aromatic nitrogens is 1. The largest absolute Gasteiger partial charge is 0.310 e. The smallest absolute Gasteiger partial charge is 0.0755 e. The summed E-state index contributed by atoms with van der Waals surface area (Å²) in [5, 5.41) is 2.58. The number of rotatable bonds is 4. The number of nitrogens with zero attached hydrogens (tertiary/aromatic N) is 2. The van der Waals surface area contributed by atoms with Gasteiger partial charge in [0.2, 0.25) is 0 Å². The van der Waals surface area contributed by atoms with Crippen LogP contribution in [-0.2, 0) is 10.8 Å². The van der Waals surface area contributed by atoms with Crippen molar-refractivity contribution in [3.05, 3.63) is 240 Å². The molecule has 1 spiro atoms. The van der Waals surface area contributed by atoms with Crippen LogP contribution in [-0.4, -0.2) is 4.57 Å². The molecule has 0 saturated carbocycles. The molecule has 1 aliphatic heterocycles. The van der Waals surface area contributed by atoms with E-state index in [1.165, 1.54) is 99.9 Å². The highest BCUT2D eigenvalue weighted by Gasteiger charge is 2.51. The summed E-state index contributed by atoms with van der Waals surface area (Å²) in [6, 6.07) is 77.2. The molecule has 0 fully saturated rings. The zero-order valence-corrected chi connectivity index (χ0v) is 33.5. The molecule has 0 N–H and O–H groups in total. The molecule has 10 aromatic rings. The van der Waals surface area contributed by atoms with Crippen LogP contribution in [0.1, 0.15) is 47.2 Å². The molecule has 2 aliphatic carbocycles. The van der Waals surface area contributed by atoms with Crippen LogP contribution in [0.25, 0.3) is 60.9 Å². The Morgan fingerprint density at radius 3 is 1.85 bits per heavy atom. The minimum Gasteiger partial charge on any atom is -0.310 e. The van der Waals surface area contributed by atoms with Crippen LogP contribution < -0.4 is 4.90 Å². The Bertz CT molecular complexity index is 3400. The fourth-order valence-corrected chi connectivity index (χ4v) is 11.5. The van der Waals surface area contributed by atoms with E-state index in [-0.39, 0.29) is 5.41 Å². The number of para-hydroxylation sites is 3. The first-order valence-corrected chi connectivity index (χ1v) is 21.1. The topological polar surface area (TPSA) is 8.17 Å². The lowest BCUT2D eigenvalue weighted by molar-refractivity contribution is 0.660. The van der Waals surface area contributed by atoms with Crippen LogP contribution in [0.3, 0.4) is 0 Å². The summed E-state index contributed by atoms with van der Waals surface area (Å²) in [4.78, 5) is 2.52. The molecule has 2 heterocycles. The van der Waals surface area contributed by atoms with Crippen LogP contribution in [0, 0.1) is 0 Å². The lowest BCUT2D eigenvalue weighted by atomic mass is 9.65. The Morgan fingerprint density at radius 2 is 1.00 bits per heavy atom. The van der Waals surface area contributed by atoms with E-state index in [0.717, 1.165) is 11.4 Å². The molecule has 1 aromatic heterocycles. The first-order chi connectivity index (χ1) is 29.5. The van der Waals surface area contributed by atoms with E-state index < -0.39 is 5.41 Å². The normalized spacial score (nSPS) is 16.0. The number of fused-ring (bicyclic) bond motifs is 15. The predicted octanol–water partition coefficient (Wildman–Crippen LogP) is 14.9. The Kier molecular flexibility index (Phi) is 6.74. The van der Waals surface area contributed by atoms with E-state index in [2.05, 4.69) is 230 Å². The summed E-state index contributed by atoms with van der Waals surface area (Å²) >= 11 is 0. The zero-order chi connectivity index (χ0) is 39.7. The maximum atomic E-state index is 2.52. The molecule has 0 radical (unpaired) electrons. The Balaban J connectivity index is 1.11. The molecule has 0 amide bonds. The van der Waals surface area contributed by atoms with Crippen LogP contribution in [0.15, 0.2) is 206 Å². The van der Waals surface area contributed by atoms with Gasteiger partial charge in [0.1, 0.15) is 0 Å². The Hall–Kier alpha value is -7.42. The van der Waals surface area contributed by atoms with Gasteiger partial charge in [-0.25, -0.2) is 0 Å². The highest BCUT2D eigenvalue weighted by atomic mass is 15.1. The van der Waals surface area contributed by atoms with E-state index in [9.17, 15) is 0 Å². The second-order valence-corrected chi connectivity index (χ2v) is 17.2. The predicted molar refractivity (Wildman–Crippen MR) is 249 cm³/mol. The fourth-order valence-electron chi connectivity index (χ4n) is 11.5. The van der Waals surface area contributed by atoms with Gasteiger partial charge in [-0.05, 0) is 104 Å². The van der Waals surface area contributed by atoms with Gasteiger partial charge < -0.3 is 9.47 Å². The Labute approximate surface area is 350 Å². The summed E-state index contributed by atoms with van der Waals surface area (Å²) in [6.07, 6.45) is 0. The average molecular weight is 765 g/mol. The van der Waals surface area contributed by atoms with E-state index in [1.54, 1.807) is 0 Å². The molecular weight excluding hydrogens is 725 g/mol. The van der Waals surface area contributed by atoms with Gasteiger partial charge in [0.05, 0.1) is 27.8 Å². The summed E-state index contributed by atoms with van der Waals surface area (Å²) in [6.45, 7) is 4.75. The van der Waals surface area contributed by atoms with E-state index >= 15 is 0 Å². The molecule has 1 atom stereocenters. The third-order valence-corrected chi connectivity index (χ3v) is 14.0. The zero-order valence-electron chi connectivity index (χ0n) is 33.5. The number of hydrogen-bond acceptors (Lipinski definition) is 1. The van der Waals surface area contributed by atoms with Gasteiger partial charge in [-0.2, -0.15) is 0 Å². The van der Waals surface area contributed by atoms with Gasteiger partial charge in [-0.3, -0.25) is 0 Å². The van der Waals surface area contributed by atoms with Crippen LogP contribution in [0.2, 0.25) is 0 Å². The first-order valence-electron chi connectivity index (χ1n) is 21.1. The van der Waals surface area contributed by atoms with Crippen molar-refractivity contribution in [3.8, 4) is 39.1 Å². The number of anilines is 3. The highest BCUT2D eigenvalue weighted by Crippen LogP contribution is 2.63. The molecule has 1 unspecified atom stereocenters. The molecule has 282 valence electrons. The molecule has 9 aromatic carbocycles. The van der Waals surface area contributed by atoms with Gasteiger partial charge in [-0.15, -0.1) is 0 Å². The van der Waals surface area contributed by atoms with Crippen molar-refractivity contribution in [1.29, 1.82) is 0 Å². The summed E-state index contributed by atoms with van der Waals surface area (Å²) < 4.78 is 2.52. The van der Waals surface area contributed by atoms with E-state index in [1.807, 2.05) is 0 Å². The summed E-state index contributed by atoms with van der Waals surface area (Å²) in [7, 11) is 0. The van der Waals surface area contributed by atoms with Gasteiger partial charge in [0.15, 0.2) is 0 Å². The van der Waals surface area contributed by atoms with Crippen molar-refractivity contribution < 1.29 is 0 Å². The Morgan fingerprint density at radius 1 is 0.400 bits per heavy atom. The first kappa shape index (κ1) is 33.5. The molecule has 2 nitrogen and oxygen atoms in total. The van der Waals surface area contributed by atoms with Gasteiger partial charge in [-0.1, -0.05) is 178 Å². The van der Waals surface area contributed by atoms with Crippen molar-refractivity contribution in [3.63, 3.8) is 0 Å². The lowest BCUT2D eigenvalue weighted by Crippen LogP contribution is -2.33. The maximum absolute atomic E-state index is 2.52. The van der Waals surface area contributed by atoms with Gasteiger partial charge in [0, 0.05) is 33.1 Å². The minimum absolute atomic E-state index is 0.136. The average Bonchev–Trinajstić information content (AvgIpc) is 3.89. The maximum Gasteiger partial charge on any atom is 0.0755 e. The van der Waals surface area contributed by atoms with Crippen molar-refractivity contribution in [2.24, 2.45) is 0 Å². The molecule has 2 heteroatoms. The van der Waals surface area contributed by atoms with Crippen molar-refractivity contribution in [1.82, 2.24) is 4.57 Å². The van der Waals surface area contributed by atoms with E-state index in [0.29, 0.717) is 0 Å². The third kappa shape index (κ3) is 4.22. The molecular formula is C58H40N2. The van der Waals surface area contributed by atoms with Crippen LogP contribution >= 0.6 is 0 Å². The molecule has 60 heavy (non-hydrogen) atoms. The summed E-state index contributed by atoms with van der Waals surface area (Å²) in [5.74, 6) is 0. The molecule has 0 bridgehead atoms. The van der Waals surface area contributed by atoms with Crippen LogP contribution in [0.4, 0.5) is 17.1 Å². The van der Waals surface area contributed by atoms with Crippen LogP contribution in [0.5, 0.6) is 0 Å². The second-order valence-electron chi connectivity index (χ2n) is 17.2. The van der Waals surface area contributed by atoms with Gasteiger partial charge in [0.25, 0.3) is 0 Å².